The second kappa shape index (κ2) is 7.90. The number of benzene rings is 2. The lowest BCUT2D eigenvalue weighted by molar-refractivity contribution is 0.122. The van der Waals surface area contributed by atoms with Gasteiger partial charge in [-0.1, -0.05) is 30.3 Å². The molecule has 8 heteroatoms. The van der Waals surface area contributed by atoms with Crippen LogP contribution in [0.3, 0.4) is 0 Å². The minimum absolute atomic E-state index is 0.510. The van der Waals surface area contributed by atoms with Crippen LogP contribution in [0.1, 0.15) is 0 Å². The standard InChI is InChI=1S/C24H21N7O/c1-2-4-16(5-3-1)18-8-9-25-20-7-6-17(14-19(18)20)28-24-29-22-21(26-15-27-22)23(30-24)31-10-12-32-13-11-31/h1-9,14-15H,10-13H2,(H2,26,27,28,29,30). The lowest BCUT2D eigenvalue weighted by Crippen LogP contribution is -2.37. The van der Waals surface area contributed by atoms with Crippen molar-refractivity contribution >= 4 is 39.5 Å². The van der Waals surface area contributed by atoms with Crippen molar-refractivity contribution in [3.05, 3.63) is 67.1 Å². The molecule has 5 aromatic rings. The molecule has 0 amide bonds. The highest BCUT2D eigenvalue weighted by Gasteiger charge is 2.19. The molecule has 1 saturated heterocycles. The number of morpholine rings is 1. The van der Waals surface area contributed by atoms with Crippen molar-refractivity contribution in [2.24, 2.45) is 0 Å². The first-order chi connectivity index (χ1) is 15.8. The predicted molar refractivity (Wildman–Crippen MR) is 125 cm³/mol. The van der Waals surface area contributed by atoms with Crippen LogP contribution in [0, 0.1) is 0 Å². The second-order valence-electron chi connectivity index (χ2n) is 7.65. The summed E-state index contributed by atoms with van der Waals surface area (Å²) >= 11 is 0. The lowest BCUT2D eigenvalue weighted by Gasteiger charge is -2.28. The van der Waals surface area contributed by atoms with E-state index in [4.69, 9.17) is 9.72 Å². The van der Waals surface area contributed by atoms with E-state index in [0.717, 1.165) is 52.1 Å². The van der Waals surface area contributed by atoms with Crippen molar-refractivity contribution in [1.29, 1.82) is 0 Å². The number of rotatable bonds is 4. The van der Waals surface area contributed by atoms with Gasteiger partial charge >= 0.3 is 0 Å². The van der Waals surface area contributed by atoms with Crippen molar-refractivity contribution in [1.82, 2.24) is 24.9 Å². The zero-order valence-electron chi connectivity index (χ0n) is 17.3. The largest absolute Gasteiger partial charge is 0.378 e. The molecule has 1 fully saturated rings. The van der Waals surface area contributed by atoms with Crippen LogP contribution in [0.5, 0.6) is 0 Å². The number of pyridine rings is 1. The molecule has 1 aliphatic heterocycles. The summed E-state index contributed by atoms with van der Waals surface area (Å²) < 4.78 is 5.50. The fraction of sp³-hybridized carbons (Fsp3) is 0.167. The Morgan fingerprint density at radius 3 is 2.69 bits per heavy atom. The fourth-order valence-corrected chi connectivity index (χ4v) is 4.10. The summed E-state index contributed by atoms with van der Waals surface area (Å²) in [6, 6.07) is 18.5. The van der Waals surface area contributed by atoms with E-state index in [0.29, 0.717) is 24.8 Å². The number of fused-ring (bicyclic) bond motifs is 2. The average molecular weight is 423 g/mol. The van der Waals surface area contributed by atoms with Gasteiger partial charge < -0.3 is 19.9 Å². The summed E-state index contributed by atoms with van der Waals surface area (Å²) in [6.45, 7) is 2.93. The molecule has 0 bridgehead atoms. The lowest BCUT2D eigenvalue weighted by atomic mass is 10.0. The van der Waals surface area contributed by atoms with Crippen LogP contribution in [0.15, 0.2) is 67.1 Å². The van der Waals surface area contributed by atoms with E-state index in [1.54, 1.807) is 6.33 Å². The number of aromatic nitrogens is 5. The van der Waals surface area contributed by atoms with E-state index in [9.17, 15) is 0 Å². The predicted octanol–water partition coefficient (Wildman–Crippen LogP) is 4.15. The Morgan fingerprint density at radius 2 is 1.81 bits per heavy atom. The van der Waals surface area contributed by atoms with E-state index in [-0.39, 0.29) is 0 Å². The first kappa shape index (κ1) is 18.7. The van der Waals surface area contributed by atoms with Crippen molar-refractivity contribution in [2.45, 2.75) is 0 Å². The molecule has 2 N–H and O–H groups in total. The summed E-state index contributed by atoms with van der Waals surface area (Å²) in [6.07, 6.45) is 3.50. The number of hydrogen-bond donors (Lipinski definition) is 2. The van der Waals surface area contributed by atoms with Gasteiger partial charge in [0, 0.05) is 30.4 Å². The number of aromatic amines is 1. The van der Waals surface area contributed by atoms with Crippen molar-refractivity contribution in [2.75, 3.05) is 36.5 Å². The smallest absolute Gasteiger partial charge is 0.231 e. The topological polar surface area (TPSA) is 91.8 Å². The highest BCUT2D eigenvalue weighted by Crippen LogP contribution is 2.31. The molecule has 0 spiro atoms. The van der Waals surface area contributed by atoms with E-state index in [1.165, 1.54) is 0 Å². The zero-order chi connectivity index (χ0) is 21.3. The van der Waals surface area contributed by atoms with E-state index >= 15 is 0 Å². The van der Waals surface area contributed by atoms with Gasteiger partial charge in [0.25, 0.3) is 0 Å². The summed E-state index contributed by atoms with van der Waals surface area (Å²) in [5, 5.41) is 4.44. The molecule has 2 aromatic carbocycles. The maximum atomic E-state index is 5.50. The molecule has 1 aliphatic rings. The third-order valence-corrected chi connectivity index (χ3v) is 5.66. The molecule has 6 rings (SSSR count). The Kier molecular flexibility index (Phi) is 4.62. The number of imidazole rings is 1. The monoisotopic (exact) mass is 423 g/mol. The number of ether oxygens (including phenoxy) is 1. The zero-order valence-corrected chi connectivity index (χ0v) is 17.3. The highest BCUT2D eigenvalue weighted by molar-refractivity contribution is 5.96. The van der Waals surface area contributed by atoms with E-state index < -0.39 is 0 Å². The second-order valence-corrected chi connectivity index (χ2v) is 7.65. The molecule has 0 aliphatic carbocycles. The van der Waals surface area contributed by atoms with Gasteiger partial charge in [-0.3, -0.25) is 4.98 Å². The summed E-state index contributed by atoms with van der Waals surface area (Å²) in [4.78, 5) is 23.7. The van der Waals surface area contributed by atoms with Crippen molar-refractivity contribution in [3.8, 4) is 11.1 Å². The number of nitrogens with zero attached hydrogens (tertiary/aromatic N) is 5. The average Bonchev–Trinajstić information content (AvgIpc) is 3.33. The number of anilines is 3. The number of H-pyrrole nitrogens is 1. The third kappa shape index (κ3) is 3.40. The highest BCUT2D eigenvalue weighted by atomic mass is 16.5. The van der Waals surface area contributed by atoms with Crippen molar-refractivity contribution < 1.29 is 4.74 Å². The van der Waals surface area contributed by atoms with Crippen molar-refractivity contribution in [3.63, 3.8) is 0 Å². The first-order valence-corrected chi connectivity index (χ1v) is 10.6. The van der Waals surface area contributed by atoms with Gasteiger partial charge in [-0.25, -0.2) is 4.98 Å². The summed E-state index contributed by atoms with van der Waals surface area (Å²) in [7, 11) is 0. The molecule has 158 valence electrons. The summed E-state index contributed by atoms with van der Waals surface area (Å²) in [5.41, 5.74) is 5.60. The molecule has 0 saturated carbocycles. The normalized spacial score (nSPS) is 14.2. The van der Waals surface area contributed by atoms with E-state index in [2.05, 4.69) is 48.4 Å². The Morgan fingerprint density at radius 1 is 0.938 bits per heavy atom. The van der Waals surface area contributed by atoms with Crippen LogP contribution in [0.25, 0.3) is 33.2 Å². The van der Waals surface area contributed by atoms with Crippen LogP contribution in [0.4, 0.5) is 17.5 Å². The molecular formula is C24H21N7O. The van der Waals surface area contributed by atoms with E-state index in [1.807, 2.05) is 42.6 Å². The van der Waals surface area contributed by atoms with Crippen LogP contribution < -0.4 is 10.2 Å². The van der Waals surface area contributed by atoms with Crippen LogP contribution in [-0.4, -0.2) is 51.2 Å². The fourth-order valence-electron chi connectivity index (χ4n) is 4.10. The number of hydrogen-bond acceptors (Lipinski definition) is 7. The maximum absolute atomic E-state index is 5.50. The summed E-state index contributed by atoms with van der Waals surface area (Å²) in [5.74, 6) is 1.35. The molecule has 32 heavy (non-hydrogen) atoms. The van der Waals surface area contributed by atoms with Gasteiger partial charge in [0.05, 0.1) is 25.1 Å². The van der Waals surface area contributed by atoms with Gasteiger partial charge in [0.1, 0.15) is 5.52 Å². The minimum Gasteiger partial charge on any atom is -0.378 e. The quantitative estimate of drug-likeness (QED) is 0.449. The Bertz CT molecular complexity index is 1390. The molecule has 0 atom stereocenters. The Balaban J connectivity index is 1.40. The van der Waals surface area contributed by atoms with Crippen LogP contribution >= 0.6 is 0 Å². The molecule has 8 nitrogen and oxygen atoms in total. The maximum Gasteiger partial charge on any atom is 0.231 e. The Labute approximate surface area is 184 Å². The molecule has 4 heterocycles. The van der Waals surface area contributed by atoms with Crippen LogP contribution in [0.2, 0.25) is 0 Å². The van der Waals surface area contributed by atoms with Gasteiger partial charge in [-0.15, -0.1) is 0 Å². The van der Waals surface area contributed by atoms with Gasteiger partial charge in [0.2, 0.25) is 5.95 Å². The number of nitrogens with one attached hydrogen (secondary N) is 2. The first-order valence-electron chi connectivity index (χ1n) is 10.6. The van der Waals surface area contributed by atoms with Gasteiger partial charge in [0.15, 0.2) is 11.5 Å². The molecule has 0 radical (unpaired) electrons. The van der Waals surface area contributed by atoms with Gasteiger partial charge in [-0.05, 0) is 35.4 Å². The molecule has 3 aromatic heterocycles. The SMILES string of the molecule is c1ccc(-c2ccnc3ccc(Nc4nc(N5CCOCC5)c5[nH]cnc5n4)cc23)cc1. The Hall–Kier alpha value is -4.04. The minimum atomic E-state index is 0.510. The van der Waals surface area contributed by atoms with Gasteiger partial charge in [-0.2, -0.15) is 9.97 Å². The molecule has 0 unspecified atom stereocenters. The van der Waals surface area contributed by atoms with Crippen LogP contribution in [-0.2, 0) is 4.74 Å². The molecular weight excluding hydrogens is 402 g/mol. The third-order valence-electron chi connectivity index (χ3n) is 5.66.